The van der Waals surface area contributed by atoms with E-state index in [4.69, 9.17) is 9.72 Å². The number of aromatic nitrogens is 2. The van der Waals surface area contributed by atoms with Crippen molar-refractivity contribution in [3.63, 3.8) is 0 Å². The first kappa shape index (κ1) is 18.0. The van der Waals surface area contributed by atoms with E-state index in [1.54, 1.807) is 7.11 Å². The van der Waals surface area contributed by atoms with Crippen molar-refractivity contribution in [2.45, 2.75) is 45.6 Å². The normalized spacial score (nSPS) is 17.4. The number of thiazole rings is 1. The Balaban J connectivity index is 1.65. The van der Waals surface area contributed by atoms with Crippen molar-refractivity contribution >= 4 is 22.2 Å². The van der Waals surface area contributed by atoms with Gasteiger partial charge in [0.05, 0.1) is 12.8 Å². The van der Waals surface area contributed by atoms with E-state index in [0.717, 1.165) is 58.3 Å². The first-order valence-electron chi connectivity index (χ1n) is 9.56. The molecule has 6 heteroatoms. The van der Waals surface area contributed by atoms with E-state index in [9.17, 15) is 4.79 Å². The van der Waals surface area contributed by atoms with Crippen LogP contribution in [0.15, 0.2) is 30.5 Å². The predicted molar refractivity (Wildman–Crippen MR) is 109 cm³/mol. The minimum atomic E-state index is 0.167. The molecule has 0 aliphatic carbocycles. The lowest BCUT2D eigenvalue weighted by atomic mass is 10.00. The molecule has 1 atom stereocenters. The van der Waals surface area contributed by atoms with Crippen molar-refractivity contribution in [3.05, 3.63) is 41.0 Å². The fraction of sp³-hybridized carbons (Fsp3) is 0.429. The van der Waals surface area contributed by atoms with Gasteiger partial charge in [0.25, 0.3) is 5.91 Å². The molecule has 27 heavy (non-hydrogen) atoms. The largest absolute Gasteiger partial charge is 0.497 e. The third-order valence-corrected chi connectivity index (χ3v) is 6.64. The van der Waals surface area contributed by atoms with Gasteiger partial charge in [-0.05, 0) is 56.9 Å². The predicted octanol–water partition coefficient (Wildman–Crippen LogP) is 4.78. The smallest absolute Gasteiger partial charge is 0.266 e. The number of amides is 1. The van der Waals surface area contributed by atoms with Crippen LogP contribution in [0.25, 0.3) is 16.2 Å². The van der Waals surface area contributed by atoms with Crippen molar-refractivity contribution in [1.82, 2.24) is 14.3 Å². The summed E-state index contributed by atoms with van der Waals surface area (Å²) in [6, 6.07) is 8.26. The second kappa shape index (κ2) is 7.35. The van der Waals surface area contributed by atoms with E-state index < -0.39 is 0 Å². The molecule has 0 spiro atoms. The van der Waals surface area contributed by atoms with Gasteiger partial charge >= 0.3 is 0 Å². The second-order valence-corrected chi connectivity index (χ2v) is 8.06. The minimum Gasteiger partial charge on any atom is -0.497 e. The molecule has 1 aromatic carbocycles. The summed E-state index contributed by atoms with van der Waals surface area (Å²) in [7, 11) is 1.66. The van der Waals surface area contributed by atoms with Gasteiger partial charge in [-0.1, -0.05) is 18.3 Å². The highest BCUT2D eigenvalue weighted by Gasteiger charge is 2.29. The Morgan fingerprint density at radius 2 is 2.07 bits per heavy atom. The van der Waals surface area contributed by atoms with Crippen LogP contribution in [0, 0.1) is 6.92 Å². The van der Waals surface area contributed by atoms with Gasteiger partial charge in [-0.2, -0.15) is 0 Å². The Bertz CT molecular complexity index is 958. The van der Waals surface area contributed by atoms with Gasteiger partial charge in [-0.15, -0.1) is 0 Å². The van der Waals surface area contributed by atoms with Crippen LogP contribution in [0.1, 0.15) is 48.0 Å². The summed E-state index contributed by atoms with van der Waals surface area (Å²) in [5, 5.41) is 0. The molecule has 0 radical (unpaired) electrons. The standard InChI is InChI=1S/C21H25N3O2S/c1-4-16-7-5-6-12-23(16)20(25)19-14(2)24-13-18(22-21(24)27-19)15-8-10-17(26-3)11-9-15/h8-11,13,16H,4-7,12H2,1-3H3. The summed E-state index contributed by atoms with van der Waals surface area (Å²) in [4.78, 5) is 21.7. The number of fused-ring (bicyclic) bond motifs is 1. The first-order chi connectivity index (χ1) is 13.1. The number of ether oxygens (including phenoxy) is 1. The van der Waals surface area contributed by atoms with E-state index >= 15 is 0 Å². The number of rotatable bonds is 4. The monoisotopic (exact) mass is 383 g/mol. The van der Waals surface area contributed by atoms with Crippen LogP contribution in [0.2, 0.25) is 0 Å². The van der Waals surface area contributed by atoms with E-state index in [-0.39, 0.29) is 5.91 Å². The van der Waals surface area contributed by atoms with Crippen LogP contribution >= 0.6 is 11.3 Å². The third-order valence-electron chi connectivity index (χ3n) is 5.50. The molecule has 0 saturated carbocycles. The number of carbonyl (C=O) groups is 1. The topological polar surface area (TPSA) is 46.8 Å². The number of hydrogen-bond acceptors (Lipinski definition) is 4. The van der Waals surface area contributed by atoms with Gasteiger partial charge in [0.1, 0.15) is 10.6 Å². The molecule has 1 fully saturated rings. The quantitative estimate of drug-likeness (QED) is 0.651. The van der Waals surface area contributed by atoms with Crippen molar-refractivity contribution < 1.29 is 9.53 Å². The Kier molecular flexibility index (Phi) is 4.91. The van der Waals surface area contributed by atoms with Crippen LogP contribution < -0.4 is 4.74 Å². The van der Waals surface area contributed by atoms with Crippen molar-refractivity contribution in [3.8, 4) is 17.0 Å². The summed E-state index contributed by atoms with van der Waals surface area (Å²) < 4.78 is 7.26. The van der Waals surface area contributed by atoms with Crippen molar-refractivity contribution in [2.24, 2.45) is 0 Å². The zero-order chi connectivity index (χ0) is 19.0. The number of piperidine rings is 1. The SMILES string of the molecule is CCC1CCCCN1C(=O)c1sc2nc(-c3ccc(OC)cc3)cn2c1C. The number of nitrogens with zero attached hydrogens (tertiary/aromatic N) is 3. The summed E-state index contributed by atoms with van der Waals surface area (Å²) in [5.41, 5.74) is 2.93. The van der Waals surface area contributed by atoms with E-state index in [0.29, 0.717) is 6.04 Å². The lowest BCUT2D eigenvalue weighted by Gasteiger charge is -2.35. The molecule has 1 aliphatic heterocycles. The van der Waals surface area contributed by atoms with Crippen LogP contribution in [-0.2, 0) is 0 Å². The number of hydrogen-bond donors (Lipinski definition) is 0. The Hall–Kier alpha value is -2.34. The fourth-order valence-corrected chi connectivity index (χ4v) is 4.94. The van der Waals surface area contributed by atoms with E-state index in [1.807, 2.05) is 41.8 Å². The third kappa shape index (κ3) is 3.23. The van der Waals surface area contributed by atoms with E-state index in [1.165, 1.54) is 17.8 Å². The summed E-state index contributed by atoms with van der Waals surface area (Å²) in [6.07, 6.45) is 6.49. The minimum absolute atomic E-state index is 0.167. The highest BCUT2D eigenvalue weighted by atomic mass is 32.1. The molecular formula is C21H25N3O2S. The lowest BCUT2D eigenvalue weighted by Crippen LogP contribution is -2.43. The number of aryl methyl sites for hydroxylation is 1. The highest BCUT2D eigenvalue weighted by Crippen LogP contribution is 2.30. The zero-order valence-electron chi connectivity index (χ0n) is 16.1. The maximum Gasteiger partial charge on any atom is 0.266 e. The van der Waals surface area contributed by atoms with Crippen molar-refractivity contribution in [1.29, 1.82) is 0 Å². The number of carbonyl (C=O) groups excluding carboxylic acids is 1. The van der Waals surface area contributed by atoms with Gasteiger partial charge in [-0.25, -0.2) is 4.98 Å². The molecule has 0 bridgehead atoms. The molecule has 1 saturated heterocycles. The van der Waals surface area contributed by atoms with Crippen molar-refractivity contribution in [2.75, 3.05) is 13.7 Å². The van der Waals surface area contributed by atoms with Gasteiger partial charge in [0.2, 0.25) is 0 Å². The van der Waals surface area contributed by atoms with Crippen LogP contribution in [0.4, 0.5) is 0 Å². The van der Waals surface area contributed by atoms with Crippen LogP contribution in [0.3, 0.4) is 0 Å². The fourth-order valence-electron chi connectivity index (χ4n) is 3.87. The number of imidazole rings is 1. The molecule has 3 aromatic rings. The first-order valence-corrected chi connectivity index (χ1v) is 10.4. The second-order valence-electron chi connectivity index (χ2n) is 7.08. The number of methoxy groups -OCH3 is 1. The average Bonchev–Trinajstić information content (AvgIpc) is 3.27. The maximum atomic E-state index is 13.2. The molecule has 4 rings (SSSR count). The van der Waals surface area contributed by atoms with E-state index in [2.05, 4.69) is 11.8 Å². The molecule has 0 N–H and O–H groups in total. The molecule has 1 aliphatic rings. The molecule has 5 nitrogen and oxygen atoms in total. The molecule has 1 unspecified atom stereocenters. The van der Waals surface area contributed by atoms with Gasteiger partial charge in [0, 0.05) is 30.0 Å². The summed E-state index contributed by atoms with van der Waals surface area (Å²) >= 11 is 1.50. The van der Waals surface area contributed by atoms with Gasteiger partial charge in [0.15, 0.2) is 4.96 Å². The van der Waals surface area contributed by atoms with Gasteiger partial charge in [-0.3, -0.25) is 9.20 Å². The average molecular weight is 384 g/mol. The number of benzene rings is 1. The molecule has 142 valence electrons. The maximum absolute atomic E-state index is 13.2. The highest BCUT2D eigenvalue weighted by molar-refractivity contribution is 7.19. The Labute approximate surface area is 163 Å². The van der Waals surface area contributed by atoms with Gasteiger partial charge < -0.3 is 9.64 Å². The van der Waals surface area contributed by atoms with Crippen LogP contribution in [-0.4, -0.2) is 39.9 Å². The van der Waals surface area contributed by atoms with Crippen LogP contribution in [0.5, 0.6) is 5.75 Å². The zero-order valence-corrected chi connectivity index (χ0v) is 16.9. The number of likely N-dealkylation sites (tertiary alicyclic amines) is 1. The summed E-state index contributed by atoms with van der Waals surface area (Å²) in [6.45, 7) is 5.06. The Morgan fingerprint density at radius 3 is 2.74 bits per heavy atom. The summed E-state index contributed by atoms with van der Waals surface area (Å²) in [5.74, 6) is 0.997. The lowest BCUT2D eigenvalue weighted by molar-refractivity contribution is 0.0612. The molecule has 1 amide bonds. The Morgan fingerprint density at radius 1 is 1.30 bits per heavy atom. The molecular weight excluding hydrogens is 358 g/mol. The molecule has 3 heterocycles. The molecule has 2 aromatic heterocycles.